The first-order chi connectivity index (χ1) is 15.0. The fraction of sp³-hybridized carbons (Fsp3) is 0.240. The van der Waals surface area contributed by atoms with Gasteiger partial charge in [-0.15, -0.1) is 0 Å². The number of rotatable bonds is 6. The Labute approximate surface area is 180 Å². The van der Waals surface area contributed by atoms with Crippen molar-refractivity contribution in [1.82, 2.24) is 4.90 Å². The molecule has 3 aromatic rings. The van der Waals surface area contributed by atoms with Crippen LogP contribution in [0.2, 0.25) is 0 Å². The lowest BCUT2D eigenvalue weighted by Crippen LogP contribution is -2.52. The minimum Gasteiger partial charge on any atom is -0.465 e. The van der Waals surface area contributed by atoms with Crippen molar-refractivity contribution in [3.8, 4) is 0 Å². The van der Waals surface area contributed by atoms with Crippen LogP contribution in [0, 0.1) is 0 Å². The first-order valence-corrected chi connectivity index (χ1v) is 10.1. The summed E-state index contributed by atoms with van der Waals surface area (Å²) in [6, 6.07) is 22.4. The van der Waals surface area contributed by atoms with E-state index in [9.17, 15) is 4.79 Å². The van der Waals surface area contributed by atoms with Crippen molar-refractivity contribution >= 4 is 5.97 Å². The molecule has 1 fully saturated rings. The molecule has 0 N–H and O–H groups in total. The summed E-state index contributed by atoms with van der Waals surface area (Å²) in [7, 11) is 0. The van der Waals surface area contributed by atoms with Crippen LogP contribution in [-0.2, 0) is 20.0 Å². The van der Waals surface area contributed by atoms with Crippen LogP contribution in [0.5, 0.6) is 0 Å². The predicted octanol–water partition coefficient (Wildman–Crippen LogP) is 5.12. The summed E-state index contributed by atoms with van der Waals surface area (Å²) < 4.78 is 43.4. The van der Waals surface area contributed by atoms with Crippen LogP contribution in [0.15, 0.2) is 91.0 Å². The molecule has 31 heavy (non-hydrogen) atoms. The van der Waals surface area contributed by atoms with Crippen LogP contribution in [-0.4, -0.2) is 30.1 Å². The standard InChI is InChI=1S/C25H23F2NO3/c1-2-30-22(29)18-28-24(20-14-8-4-9-15-20,21-16-10-5-11-17-21)31-23(25(28,26)27)19-12-6-3-7-13-19/h3-17,23H,2,18H2,1H3. The van der Waals surface area contributed by atoms with E-state index in [1.807, 2.05) is 0 Å². The fourth-order valence-corrected chi connectivity index (χ4v) is 4.05. The van der Waals surface area contributed by atoms with Gasteiger partial charge in [0.25, 0.3) is 0 Å². The van der Waals surface area contributed by atoms with Gasteiger partial charge in [0.15, 0.2) is 11.8 Å². The number of hydrogen-bond acceptors (Lipinski definition) is 4. The van der Waals surface area contributed by atoms with Gasteiger partial charge < -0.3 is 9.47 Å². The van der Waals surface area contributed by atoms with Crippen molar-refractivity contribution in [1.29, 1.82) is 0 Å². The molecular formula is C25H23F2NO3. The molecule has 0 radical (unpaired) electrons. The molecular weight excluding hydrogens is 400 g/mol. The van der Waals surface area contributed by atoms with E-state index in [0.717, 1.165) is 4.90 Å². The van der Waals surface area contributed by atoms with E-state index in [2.05, 4.69) is 0 Å². The molecule has 4 nitrogen and oxygen atoms in total. The normalized spacial score (nSPS) is 19.8. The van der Waals surface area contributed by atoms with Gasteiger partial charge in [-0.25, -0.2) is 0 Å². The topological polar surface area (TPSA) is 38.8 Å². The highest BCUT2D eigenvalue weighted by Crippen LogP contribution is 2.56. The average Bonchev–Trinajstić information content (AvgIpc) is 3.04. The zero-order chi connectivity index (χ0) is 21.9. The Bertz CT molecular complexity index is 973. The van der Waals surface area contributed by atoms with E-state index < -0.39 is 30.4 Å². The molecule has 160 valence electrons. The zero-order valence-electron chi connectivity index (χ0n) is 17.1. The first kappa shape index (κ1) is 21.2. The molecule has 0 saturated carbocycles. The van der Waals surface area contributed by atoms with Gasteiger partial charge in [-0.2, -0.15) is 13.7 Å². The van der Waals surface area contributed by atoms with Crippen molar-refractivity contribution in [3.05, 3.63) is 108 Å². The molecule has 1 heterocycles. The zero-order valence-corrected chi connectivity index (χ0v) is 17.1. The van der Waals surface area contributed by atoms with E-state index in [1.165, 1.54) is 0 Å². The smallest absolute Gasteiger partial charge is 0.338 e. The minimum atomic E-state index is -3.49. The highest BCUT2D eigenvalue weighted by atomic mass is 19.3. The molecule has 0 aliphatic carbocycles. The Kier molecular flexibility index (Phi) is 5.85. The van der Waals surface area contributed by atoms with Gasteiger partial charge in [-0.1, -0.05) is 91.0 Å². The molecule has 0 aromatic heterocycles. The number of hydrogen-bond donors (Lipinski definition) is 0. The minimum absolute atomic E-state index is 0.102. The third kappa shape index (κ3) is 3.73. The summed E-state index contributed by atoms with van der Waals surface area (Å²) in [5.74, 6) is -0.740. The number of nitrogens with zero attached hydrogens (tertiary/aromatic N) is 1. The lowest BCUT2D eigenvalue weighted by atomic mass is 9.92. The second-order valence-corrected chi connectivity index (χ2v) is 7.26. The van der Waals surface area contributed by atoms with Crippen molar-refractivity contribution in [2.24, 2.45) is 0 Å². The molecule has 1 aliphatic heterocycles. The Hall–Kier alpha value is -3.09. The van der Waals surface area contributed by atoms with E-state index in [4.69, 9.17) is 9.47 Å². The summed E-state index contributed by atoms with van der Waals surface area (Å²) in [6.45, 7) is 1.11. The molecule has 1 atom stereocenters. The molecule has 0 amide bonds. The van der Waals surface area contributed by atoms with Gasteiger partial charge in [0, 0.05) is 11.1 Å². The number of ether oxygens (including phenoxy) is 2. The van der Waals surface area contributed by atoms with Gasteiger partial charge in [0.05, 0.1) is 6.61 Å². The van der Waals surface area contributed by atoms with E-state index in [1.54, 1.807) is 97.9 Å². The second kappa shape index (κ2) is 8.57. The third-order valence-corrected chi connectivity index (χ3v) is 5.37. The van der Waals surface area contributed by atoms with Crippen LogP contribution >= 0.6 is 0 Å². The molecule has 0 spiro atoms. The Morgan fingerprint density at radius 2 is 1.39 bits per heavy atom. The summed E-state index contributed by atoms with van der Waals surface area (Å²) in [5, 5.41) is 0. The number of carbonyl (C=O) groups is 1. The lowest BCUT2D eigenvalue weighted by molar-refractivity contribution is -0.175. The fourth-order valence-electron chi connectivity index (χ4n) is 4.05. The molecule has 1 unspecified atom stereocenters. The van der Waals surface area contributed by atoms with Crippen LogP contribution in [0.1, 0.15) is 29.7 Å². The Balaban J connectivity index is 1.94. The molecule has 6 heteroatoms. The summed E-state index contributed by atoms with van der Waals surface area (Å²) in [6.07, 6.45) is -1.58. The van der Waals surface area contributed by atoms with E-state index >= 15 is 8.78 Å². The van der Waals surface area contributed by atoms with Crippen molar-refractivity contribution in [3.63, 3.8) is 0 Å². The number of alkyl halides is 2. The maximum atomic E-state index is 16.0. The maximum Gasteiger partial charge on any atom is 0.338 e. The van der Waals surface area contributed by atoms with Crippen molar-refractivity contribution in [2.45, 2.75) is 24.8 Å². The molecule has 1 aliphatic rings. The molecule has 1 saturated heterocycles. The number of halogens is 2. The predicted molar refractivity (Wildman–Crippen MR) is 112 cm³/mol. The number of carbonyl (C=O) groups excluding carboxylic acids is 1. The van der Waals surface area contributed by atoms with E-state index in [-0.39, 0.29) is 6.61 Å². The van der Waals surface area contributed by atoms with Gasteiger partial charge in [-0.3, -0.25) is 4.79 Å². The van der Waals surface area contributed by atoms with Crippen LogP contribution in [0.25, 0.3) is 0 Å². The SMILES string of the molecule is CCOC(=O)CN1C(c2ccccc2)(c2ccccc2)OC(c2ccccc2)C1(F)F. The summed E-state index contributed by atoms with van der Waals surface area (Å²) in [4.78, 5) is 13.2. The number of esters is 1. The first-order valence-electron chi connectivity index (χ1n) is 10.1. The second-order valence-electron chi connectivity index (χ2n) is 7.26. The van der Waals surface area contributed by atoms with Crippen LogP contribution in [0.4, 0.5) is 8.78 Å². The van der Waals surface area contributed by atoms with Gasteiger partial charge >= 0.3 is 12.0 Å². The molecule has 3 aromatic carbocycles. The lowest BCUT2D eigenvalue weighted by Gasteiger charge is -2.38. The van der Waals surface area contributed by atoms with Crippen molar-refractivity contribution in [2.75, 3.05) is 13.2 Å². The van der Waals surface area contributed by atoms with Crippen LogP contribution in [0.3, 0.4) is 0 Å². The van der Waals surface area contributed by atoms with Gasteiger partial charge in [-0.05, 0) is 12.5 Å². The highest BCUT2D eigenvalue weighted by molar-refractivity contribution is 5.72. The third-order valence-electron chi connectivity index (χ3n) is 5.37. The Morgan fingerprint density at radius 1 is 0.903 bits per heavy atom. The summed E-state index contributed by atoms with van der Waals surface area (Å²) in [5.41, 5.74) is -0.346. The largest absolute Gasteiger partial charge is 0.465 e. The number of benzene rings is 3. The Morgan fingerprint density at radius 3 is 1.87 bits per heavy atom. The van der Waals surface area contributed by atoms with Crippen LogP contribution < -0.4 is 0 Å². The monoisotopic (exact) mass is 423 g/mol. The van der Waals surface area contributed by atoms with Gasteiger partial charge in [0.1, 0.15) is 6.54 Å². The summed E-state index contributed by atoms with van der Waals surface area (Å²) >= 11 is 0. The molecule has 0 bridgehead atoms. The van der Waals surface area contributed by atoms with E-state index in [0.29, 0.717) is 16.7 Å². The average molecular weight is 423 g/mol. The van der Waals surface area contributed by atoms with Crippen molar-refractivity contribution < 1.29 is 23.0 Å². The maximum absolute atomic E-state index is 16.0. The quantitative estimate of drug-likeness (QED) is 0.408. The van der Waals surface area contributed by atoms with Gasteiger partial charge in [0.2, 0.25) is 0 Å². The highest BCUT2D eigenvalue weighted by Gasteiger charge is 2.66. The molecule has 4 rings (SSSR count).